The van der Waals surface area contributed by atoms with E-state index in [9.17, 15) is 4.79 Å². The number of amides is 1. The van der Waals surface area contributed by atoms with E-state index in [0.717, 1.165) is 29.3 Å². The molecule has 0 fully saturated rings. The average molecular weight is 459 g/mol. The number of rotatable bonds is 11. The number of allylic oxidation sites excluding steroid dienone is 1. The van der Waals surface area contributed by atoms with Crippen LogP contribution in [0.1, 0.15) is 66.9 Å². The topological polar surface area (TPSA) is 70.7 Å². The number of likely N-dealkylation sites (N-methyl/N-ethyl adjacent to an activating group) is 2. The van der Waals surface area contributed by atoms with Crippen molar-refractivity contribution in [2.45, 2.75) is 52.4 Å². The largest absolute Gasteiger partial charge is 0.397 e. The number of nitrogens with one attached hydrogen (secondary N) is 1. The highest BCUT2D eigenvalue weighted by atomic mass is 32.1. The summed E-state index contributed by atoms with van der Waals surface area (Å²) in [6.07, 6.45) is 8.89. The van der Waals surface area contributed by atoms with Gasteiger partial charge in [-0.05, 0) is 55.8 Å². The Balaban J connectivity index is 2.02. The van der Waals surface area contributed by atoms with Gasteiger partial charge in [0.25, 0.3) is 5.91 Å². The van der Waals surface area contributed by atoms with Crippen LogP contribution in [0.25, 0.3) is 5.57 Å². The molecule has 168 valence electrons. The van der Waals surface area contributed by atoms with Gasteiger partial charge in [-0.15, -0.1) is 22.7 Å². The van der Waals surface area contributed by atoms with Crippen LogP contribution in [0.15, 0.2) is 34.3 Å². The SMILES string of the molecule is CCCCCCC1=CN=c2sc(C(=O)N(CC)CCNC)c(N)c2=C(c2cccs2)C1. The van der Waals surface area contributed by atoms with Crippen LogP contribution < -0.4 is 20.9 Å². The molecule has 0 radical (unpaired) electrons. The fraction of sp³-hybridized carbons (Fsp3) is 0.500. The fourth-order valence-electron chi connectivity index (χ4n) is 3.87. The van der Waals surface area contributed by atoms with E-state index in [1.807, 2.05) is 25.1 Å². The Kier molecular flexibility index (Phi) is 8.87. The van der Waals surface area contributed by atoms with Crippen molar-refractivity contribution in [3.05, 3.63) is 48.9 Å². The van der Waals surface area contributed by atoms with Gasteiger partial charge in [0.2, 0.25) is 0 Å². The number of nitrogen functional groups attached to an aromatic ring is 1. The summed E-state index contributed by atoms with van der Waals surface area (Å²) in [7, 11) is 1.90. The highest BCUT2D eigenvalue weighted by molar-refractivity contribution is 7.12. The van der Waals surface area contributed by atoms with Gasteiger partial charge in [-0.2, -0.15) is 0 Å². The minimum absolute atomic E-state index is 0.00202. The molecule has 1 aliphatic heterocycles. The van der Waals surface area contributed by atoms with Gasteiger partial charge in [0.05, 0.1) is 5.69 Å². The minimum Gasteiger partial charge on any atom is -0.397 e. The van der Waals surface area contributed by atoms with Gasteiger partial charge in [0.15, 0.2) is 0 Å². The van der Waals surface area contributed by atoms with Crippen molar-refractivity contribution < 1.29 is 4.79 Å². The first kappa shape index (κ1) is 23.7. The molecule has 2 aromatic rings. The molecule has 31 heavy (non-hydrogen) atoms. The summed E-state index contributed by atoms with van der Waals surface area (Å²) in [5.74, 6) is -0.00202. The van der Waals surface area contributed by atoms with Crippen molar-refractivity contribution in [3.8, 4) is 0 Å². The quantitative estimate of drug-likeness (QED) is 0.497. The molecule has 5 nitrogen and oxygen atoms in total. The summed E-state index contributed by atoms with van der Waals surface area (Å²) in [5, 5.41) is 6.17. The van der Waals surface area contributed by atoms with Crippen LogP contribution in [0, 0.1) is 0 Å². The number of anilines is 1. The summed E-state index contributed by atoms with van der Waals surface area (Å²) in [5.41, 5.74) is 9.78. The molecule has 1 amide bonds. The molecular weight excluding hydrogens is 424 g/mol. The molecule has 7 heteroatoms. The molecule has 0 unspecified atom stereocenters. The van der Waals surface area contributed by atoms with Gasteiger partial charge in [0.1, 0.15) is 9.55 Å². The molecule has 0 spiro atoms. The zero-order valence-electron chi connectivity index (χ0n) is 18.9. The van der Waals surface area contributed by atoms with Crippen LogP contribution in [0.3, 0.4) is 0 Å². The van der Waals surface area contributed by atoms with Crippen LogP contribution in [0.4, 0.5) is 5.69 Å². The zero-order valence-corrected chi connectivity index (χ0v) is 20.5. The maximum Gasteiger partial charge on any atom is 0.266 e. The van der Waals surface area contributed by atoms with Crippen molar-refractivity contribution in [2.75, 3.05) is 32.4 Å². The standard InChI is InChI=1S/C24H34N4OS2/c1-4-6-7-8-10-17-15-18(19-11-9-14-30-19)20-21(25)22(31-23(20)27-16-17)24(29)28(5-2)13-12-26-3/h9,11,14,16,26H,4-8,10,12-13,15,25H2,1-3H3. The van der Waals surface area contributed by atoms with Crippen molar-refractivity contribution in [2.24, 2.45) is 4.99 Å². The summed E-state index contributed by atoms with van der Waals surface area (Å²) in [4.78, 5) is 21.7. The van der Waals surface area contributed by atoms with E-state index < -0.39 is 0 Å². The second-order valence-electron chi connectivity index (χ2n) is 7.87. The van der Waals surface area contributed by atoms with Gasteiger partial charge in [0, 0.05) is 35.9 Å². The first-order valence-corrected chi connectivity index (χ1v) is 12.9. The molecule has 1 aliphatic rings. The molecule has 3 heterocycles. The Morgan fingerprint density at radius 3 is 2.81 bits per heavy atom. The van der Waals surface area contributed by atoms with E-state index >= 15 is 0 Å². The third-order valence-corrected chi connectivity index (χ3v) is 7.69. The molecule has 0 aliphatic carbocycles. The van der Waals surface area contributed by atoms with E-state index in [1.165, 1.54) is 53.0 Å². The Morgan fingerprint density at radius 1 is 1.29 bits per heavy atom. The van der Waals surface area contributed by atoms with Gasteiger partial charge in [-0.1, -0.05) is 32.3 Å². The Labute approximate surface area is 193 Å². The fourth-order valence-corrected chi connectivity index (χ4v) is 5.71. The normalized spacial score (nSPS) is 13.4. The summed E-state index contributed by atoms with van der Waals surface area (Å²) in [6.45, 7) is 6.31. The summed E-state index contributed by atoms with van der Waals surface area (Å²) >= 11 is 3.16. The van der Waals surface area contributed by atoms with Gasteiger partial charge in [-0.25, -0.2) is 4.99 Å². The minimum atomic E-state index is -0.00202. The van der Waals surface area contributed by atoms with E-state index in [4.69, 9.17) is 10.7 Å². The van der Waals surface area contributed by atoms with Crippen LogP contribution in [0.2, 0.25) is 0 Å². The lowest BCUT2D eigenvalue weighted by Crippen LogP contribution is -2.36. The van der Waals surface area contributed by atoms with Crippen molar-refractivity contribution in [1.82, 2.24) is 10.2 Å². The van der Waals surface area contributed by atoms with Crippen molar-refractivity contribution >= 4 is 39.8 Å². The lowest BCUT2D eigenvalue weighted by Gasteiger charge is -2.20. The lowest BCUT2D eigenvalue weighted by molar-refractivity contribution is 0.0772. The third kappa shape index (κ3) is 5.64. The zero-order chi connectivity index (χ0) is 22.2. The number of hydrogen-bond donors (Lipinski definition) is 2. The third-order valence-electron chi connectivity index (χ3n) is 5.66. The molecule has 0 bridgehead atoms. The smallest absolute Gasteiger partial charge is 0.266 e. The predicted molar refractivity (Wildman–Crippen MR) is 133 cm³/mol. The van der Waals surface area contributed by atoms with Crippen LogP contribution >= 0.6 is 22.7 Å². The molecule has 0 aromatic carbocycles. The second kappa shape index (κ2) is 11.6. The predicted octanol–water partition coefficient (Wildman–Crippen LogP) is 4.15. The maximum atomic E-state index is 13.2. The van der Waals surface area contributed by atoms with Gasteiger partial charge in [-0.3, -0.25) is 4.79 Å². The molecule has 0 saturated heterocycles. The Morgan fingerprint density at radius 2 is 2.13 bits per heavy atom. The molecular formula is C24H34N4OS2. The van der Waals surface area contributed by atoms with E-state index in [-0.39, 0.29) is 5.91 Å². The number of nitrogens with two attached hydrogens (primary N) is 1. The molecule has 3 N–H and O–H groups in total. The van der Waals surface area contributed by atoms with Crippen LogP contribution in [-0.2, 0) is 0 Å². The first-order valence-electron chi connectivity index (χ1n) is 11.3. The number of unbranched alkanes of at least 4 members (excludes halogenated alkanes) is 3. The molecule has 2 aromatic heterocycles. The Bertz CT molecular complexity index is 1020. The summed E-state index contributed by atoms with van der Waals surface area (Å²) in [6, 6.07) is 4.22. The number of nitrogens with zero attached hydrogens (tertiary/aromatic N) is 2. The lowest BCUT2D eigenvalue weighted by atomic mass is 9.98. The summed E-state index contributed by atoms with van der Waals surface area (Å²) < 4.78 is 0.859. The monoisotopic (exact) mass is 458 g/mol. The number of hydrogen-bond acceptors (Lipinski definition) is 6. The second-order valence-corrected chi connectivity index (χ2v) is 9.82. The number of thiophene rings is 2. The Hall–Kier alpha value is -1.96. The van der Waals surface area contributed by atoms with Crippen LogP contribution in [-0.4, -0.2) is 37.5 Å². The van der Waals surface area contributed by atoms with E-state index in [1.54, 1.807) is 11.3 Å². The van der Waals surface area contributed by atoms with Gasteiger partial charge < -0.3 is 16.0 Å². The van der Waals surface area contributed by atoms with Crippen LogP contribution in [0.5, 0.6) is 0 Å². The van der Waals surface area contributed by atoms with Crippen molar-refractivity contribution in [3.63, 3.8) is 0 Å². The highest BCUT2D eigenvalue weighted by Crippen LogP contribution is 2.29. The van der Waals surface area contributed by atoms with E-state index in [2.05, 4.69) is 29.8 Å². The maximum absolute atomic E-state index is 13.2. The number of carbonyl (C=O) groups excluding carboxylic acids is 1. The molecule has 3 rings (SSSR count). The average Bonchev–Trinajstić information content (AvgIpc) is 3.37. The van der Waals surface area contributed by atoms with Gasteiger partial charge >= 0.3 is 0 Å². The molecule has 0 atom stereocenters. The van der Waals surface area contributed by atoms with E-state index in [0.29, 0.717) is 23.7 Å². The molecule has 0 saturated carbocycles. The number of fused-ring (bicyclic) bond motifs is 1. The van der Waals surface area contributed by atoms with Crippen molar-refractivity contribution in [1.29, 1.82) is 0 Å². The highest BCUT2D eigenvalue weighted by Gasteiger charge is 2.23. The first-order chi connectivity index (χ1) is 15.1. The number of carbonyl (C=O) groups is 1.